The molecule has 0 spiro atoms. The molecule has 0 fully saturated rings. The molecule has 0 bridgehead atoms. The van der Waals surface area contributed by atoms with Crippen LogP contribution in [0.3, 0.4) is 0 Å². The Morgan fingerprint density at radius 3 is 2.68 bits per heavy atom. The van der Waals surface area contributed by atoms with Crippen LogP contribution in [0.4, 0.5) is 0 Å². The van der Waals surface area contributed by atoms with Gasteiger partial charge in [-0.15, -0.1) is 0 Å². The Balaban J connectivity index is 2.13. The smallest absolute Gasteiger partial charge is 0.266 e. The third kappa shape index (κ3) is 2.86. The summed E-state index contributed by atoms with van der Waals surface area (Å²) in [5.41, 5.74) is 8.09. The fourth-order valence-corrected chi connectivity index (χ4v) is 3.48. The second kappa shape index (κ2) is 6.25. The monoisotopic (exact) mass is 311 g/mol. The van der Waals surface area contributed by atoms with Gasteiger partial charge in [0.2, 0.25) is 0 Å². The van der Waals surface area contributed by atoms with E-state index in [1.165, 1.54) is 5.56 Å². The van der Waals surface area contributed by atoms with Crippen LogP contribution in [-0.4, -0.2) is 17.9 Å². The molecule has 0 aliphatic carbocycles. The molecule has 3 aromatic rings. The number of nitrogens with two attached hydrogens (primary N) is 1. The van der Waals surface area contributed by atoms with E-state index < -0.39 is 5.91 Å². The van der Waals surface area contributed by atoms with E-state index in [1.807, 2.05) is 49.5 Å². The molecule has 1 aromatic heterocycles. The fourth-order valence-electron chi connectivity index (χ4n) is 2.41. The highest BCUT2D eigenvalue weighted by Gasteiger charge is 2.17. The van der Waals surface area contributed by atoms with E-state index >= 15 is 0 Å². The number of amides is 1. The predicted molar refractivity (Wildman–Crippen MR) is 90.1 cm³/mol. The maximum atomic E-state index is 11.8. The summed E-state index contributed by atoms with van der Waals surface area (Å²) in [7, 11) is 1.91. The highest BCUT2D eigenvalue weighted by Crippen LogP contribution is 2.36. The molecule has 0 saturated heterocycles. The molecule has 0 atom stereocenters. The Bertz CT molecular complexity index is 811. The SMILES string of the molecule is CNCc1ccc2[nH]c(C(N)=O)c(Sc3ccccc3)c2c1. The summed E-state index contributed by atoms with van der Waals surface area (Å²) >= 11 is 1.55. The third-order valence-electron chi connectivity index (χ3n) is 3.41. The maximum Gasteiger partial charge on any atom is 0.266 e. The number of rotatable bonds is 5. The van der Waals surface area contributed by atoms with Gasteiger partial charge in [-0.25, -0.2) is 0 Å². The standard InChI is InChI=1S/C17H17N3OS/c1-19-10-11-7-8-14-13(9-11)16(15(20-14)17(18)21)22-12-5-3-2-4-6-12/h2-9,19-20H,10H2,1H3,(H2,18,21). The lowest BCUT2D eigenvalue weighted by Crippen LogP contribution is -2.12. The zero-order valence-electron chi connectivity index (χ0n) is 12.2. The Kier molecular flexibility index (Phi) is 4.18. The van der Waals surface area contributed by atoms with Crippen LogP contribution in [-0.2, 0) is 6.54 Å². The van der Waals surface area contributed by atoms with Crippen molar-refractivity contribution in [2.24, 2.45) is 5.73 Å². The van der Waals surface area contributed by atoms with Crippen LogP contribution in [0.1, 0.15) is 16.1 Å². The quantitative estimate of drug-likeness (QED) is 0.678. The molecule has 0 saturated carbocycles. The first-order valence-electron chi connectivity index (χ1n) is 7.01. The first-order valence-corrected chi connectivity index (χ1v) is 7.82. The topological polar surface area (TPSA) is 70.9 Å². The highest BCUT2D eigenvalue weighted by molar-refractivity contribution is 7.99. The van der Waals surface area contributed by atoms with Gasteiger partial charge in [-0.05, 0) is 36.9 Å². The number of carbonyl (C=O) groups excluding carboxylic acids is 1. The number of fused-ring (bicyclic) bond motifs is 1. The second-order valence-electron chi connectivity index (χ2n) is 5.02. The van der Waals surface area contributed by atoms with E-state index in [4.69, 9.17) is 5.73 Å². The van der Waals surface area contributed by atoms with Crippen LogP contribution in [0, 0.1) is 0 Å². The number of hydrogen-bond donors (Lipinski definition) is 3. The van der Waals surface area contributed by atoms with Crippen LogP contribution in [0.15, 0.2) is 58.3 Å². The summed E-state index contributed by atoms with van der Waals surface area (Å²) in [6, 6.07) is 16.1. The van der Waals surface area contributed by atoms with Crippen LogP contribution < -0.4 is 11.1 Å². The number of H-pyrrole nitrogens is 1. The van der Waals surface area contributed by atoms with Gasteiger partial charge in [0.15, 0.2) is 0 Å². The molecule has 3 rings (SSSR count). The summed E-state index contributed by atoms with van der Waals surface area (Å²) < 4.78 is 0. The minimum absolute atomic E-state index is 0.440. The van der Waals surface area contributed by atoms with Crippen LogP contribution in [0.5, 0.6) is 0 Å². The van der Waals surface area contributed by atoms with Gasteiger partial charge in [0.25, 0.3) is 5.91 Å². The van der Waals surface area contributed by atoms with Crippen molar-refractivity contribution < 1.29 is 4.79 Å². The molecule has 0 aliphatic heterocycles. The lowest BCUT2D eigenvalue weighted by atomic mass is 10.1. The van der Waals surface area contributed by atoms with E-state index in [1.54, 1.807) is 11.8 Å². The molecule has 0 radical (unpaired) electrons. The average Bonchev–Trinajstić information content (AvgIpc) is 2.87. The molecule has 0 unspecified atom stereocenters. The number of primary amides is 1. The van der Waals surface area contributed by atoms with Gasteiger partial charge in [-0.3, -0.25) is 4.79 Å². The number of aromatic nitrogens is 1. The summed E-state index contributed by atoms with van der Waals surface area (Å²) in [6.07, 6.45) is 0. The maximum absolute atomic E-state index is 11.8. The summed E-state index contributed by atoms with van der Waals surface area (Å²) in [5, 5.41) is 4.16. The number of benzene rings is 2. The first-order chi connectivity index (χ1) is 10.7. The minimum Gasteiger partial charge on any atom is -0.364 e. The number of carbonyl (C=O) groups is 1. The largest absolute Gasteiger partial charge is 0.364 e. The number of aromatic amines is 1. The van der Waals surface area contributed by atoms with Gasteiger partial charge < -0.3 is 16.0 Å². The van der Waals surface area contributed by atoms with Crippen LogP contribution >= 0.6 is 11.8 Å². The van der Waals surface area contributed by atoms with Gasteiger partial charge >= 0.3 is 0 Å². The van der Waals surface area contributed by atoms with Crippen molar-refractivity contribution in [1.82, 2.24) is 10.3 Å². The number of hydrogen-bond acceptors (Lipinski definition) is 3. The van der Waals surface area contributed by atoms with Gasteiger partial charge in [-0.2, -0.15) is 0 Å². The normalized spacial score (nSPS) is 11.0. The van der Waals surface area contributed by atoms with E-state index in [9.17, 15) is 4.79 Å². The number of nitrogens with one attached hydrogen (secondary N) is 2. The van der Waals surface area contributed by atoms with Crippen molar-refractivity contribution in [3.8, 4) is 0 Å². The van der Waals surface area contributed by atoms with E-state index in [0.717, 1.165) is 27.2 Å². The minimum atomic E-state index is -0.440. The Morgan fingerprint density at radius 2 is 2.00 bits per heavy atom. The molecule has 112 valence electrons. The second-order valence-corrected chi connectivity index (χ2v) is 6.10. The van der Waals surface area contributed by atoms with Gasteiger partial charge in [0.1, 0.15) is 5.69 Å². The molecule has 5 heteroatoms. The molecule has 22 heavy (non-hydrogen) atoms. The fraction of sp³-hybridized carbons (Fsp3) is 0.118. The predicted octanol–water partition coefficient (Wildman–Crippen LogP) is 3.14. The molecular formula is C17H17N3OS. The zero-order valence-corrected chi connectivity index (χ0v) is 13.0. The van der Waals surface area contributed by atoms with E-state index in [0.29, 0.717) is 5.69 Å². The molecule has 2 aromatic carbocycles. The molecule has 4 nitrogen and oxygen atoms in total. The molecule has 0 aliphatic rings. The van der Waals surface area contributed by atoms with Crippen molar-refractivity contribution in [1.29, 1.82) is 0 Å². The van der Waals surface area contributed by atoms with Crippen LogP contribution in [0.2, 0.25) is 0 Å². The molecule has 1 amide bonds. The molecule has 1 heterocycles. The zero-order chi connectivity index (χ0) is 15.5. The lowest BCUT2D eigenvalue weighted by molar-refractivity contribution is 0.0993. The van der Waals surface area contributed by atoms with E-state index in [2.05, 4.69) is 16.4 Å². The third-order valence-corrected chi connectivity index (χ3v) is 4.54. The van der Waals surface area contributed by atoms with Crippen molar-refractivity contribution in [3.63, 3.8) is 0 Å². The van der Waals surface area contributed by atoms with Crippen LogP contribution in [0.25, 0.3) is 10.9 Å². The lowest BCUT2D eigenvalue weighted by Gasteiger charge is -2.04. The van der Waals surface area contributed by atoms with Crippen molar-refractivity contribution in [2.75, 3.05) is 7.05 Å². The van der Waals surface area contributed by atoms with Gasteiger partial charge in [0.05, 0.1) is 4.90 Å². The molecular weight excluding hydrogens is 294 g/mol. The van der Waals surface area contributed by atoms with Crippen molar-refractivity contribution >= 4 is 28.6 Å². The van der Waals surface area contributed by atoms with Gasteiger partial charge in [-0.1, -0.05) is 36.0 Å². The van der Waals surface area contributed by atoms with Crippen molar-refractivity contribution in [3.05, 3.63) is 59.8 Å². The molecule has 4 N–H and O–H groups in total. The summed E-state index contributed by atoms with van der Waals surface area (Å²) in [4.78, 5) is 16.9. The summed E-state index contributed by atoms with van der Waals surface area (Å²) in [6.45, 7) is 0.780. The summed E-state index contributed by atoms with van der Waals surface area (Å²) in [5.74, 6) is -0.440. The van der Waals surface area contributed by atoms with E-state index in [-0.39, 0.29) is 0 Å². The van der Waals surface area contributed by atoms with Gasteiger partial charge in [0, 0.05) is 22.3 Å². The Morgan fingerprint density at radius 1 is 1.23 bits per heavy atom. The Hall–Kier alpha value is -2.24. The Labute approximate surface area is 133 Å². The average molecular weight is 311 g/mol. The first kappa shape index (κ1) is 14.7. The highest BCUT2D eigenvalue weighted by atomic mass is 32.2. The van der Waals surface area contributed by atoms with Crippen molar-refractivity contribution in [2.45, 2.75) is 16.3 Å².